The molecule has 0 unspecified atom stereocenters. The molecule has 2 aromatic heterocycles. The molecule has 0 aliphatic heterocycles. The van der Waals surface area contributed by atoms with Crippen LogP contribution in [0.15, 0.2) is 50.7 Å². The van der Waals surface area contributed by atoms with Gasteiger partial charge < -0.3 is 14.5 Å². The maximum absolute atomic E-state index is 11.8. The lowest BCUT2D eigenvalue weighted by Crippen LogP contribution is -2.28. The molecule has 24 heavy (non-hydrogen) atoms. The zero-order valence-corrected chi connectivity index (χ0v) is 15.3. The topological polar surface area (TPSA) is 64.4 Å². The van der Waals surface area contributed by atoms with Crippen LogP contribution in [0, 0.1) is 6.92 Å². The molecule has 0 saturated carbocycles. The molecule has 0 radical (unpaired) electrons. The fourth-order valence-corrected chi connectivity index (χ4v) is 2.87. The van der Waals surface area contributed by atoms with Gasteiger partial charge in [-0.1, -0.05) is 15.9 Å². The molecule has 0 fully saturated rings. The highest BCUT2D eigenvalue weighted by Gasteiger charge is 2.09. The van der Waals surface area contributed by atoms with Gasteiger partial charge >= 0.3 is 0 Å². The Morgan fingerprint density at radius 1 is 1.29 bits per heavy atom. The van der Waals surface area contributed by atoms with E-state index in [4.69, 9.17) is 9.15 Å². The number of halogens is 1. The molecule has 1 amide bonds. The van der Waals surface area contributed by atoms with Gasteiger partial charge in [-0.2, -0.15) is 0 Å². The number of nitrogens with one attached hydrogen (secondary N) is 1. The molecule has 5 nitrogen and oxygen atoms in total. The van der Waals surface area contributed by atoms with E-state index in [9.17, 15) is 4.79 Å². The zero-order chi connectivity index (χ0) is 16.9. The third-order valence-corrected chi connectivity index (χ3v) is 4.48. The van der Waals surface area contributed by atoms with Gasteiger partial charge in [0.05, 0.1) is 11.6 Å². The Balaban J connectivity index is 1.48. The largest absolute Gasteiger partial charge is 0.484 e. The number of amides is 1. The number of hydrogen-bond donors (Lipinski definition) is 1. The lowest BCUT2D eigenvalue weighted by Gasteiger charge is -2.06. The molecule has 2 heterocycles. The van der Waals surface area contributed by atoms with Crippen molar-refractivity contribution < 1.29 is 13.9 Å². The van der Waals surface area contributed by atoms with Crippen LogP contribution in [0.4, 0.5) is 0 Å². The van der Waals surface area contributed by atoms with Gasteiger partial charge in [0.15, 0.2) is 12.4 Å². The van der Waals surface area contributed by atoms with Crippen LogP contribution in [-0.4, -0.2) is 17.5 Å². The summed E-state index contributed by atoms with van der Waals surface area (Å²) in [7, 11) is 0. The summed E-state index contributed by atoms with van der Waals surface area (Å²) in [5.74, 6) is 1.82. The average Bonchev–Trinajstić information content (AvgIpc) is 3.21. The van der Waals surface area contributed by atoms with Crippen molar-refractivity contribution in [1.29, 1.82) is 0 Å². The van der Waals surface area contributed by atoms with Gasteiger partial charge in [-0.15, -0.1) is 11.3 Å². The van der Waals surface area contributed by atoms with Gasteiger partial charge in [0, 0.05) is 9.85 Å². The minimum Gasteiger partial charge on any atom is -0.484 e. The van der Waals surface area contributed by atoms with Crippen LogP contribution in [0.1, 0.15) is 10.8 Å². The third-order valence-electron chi connectivity index (χ3n) is 3.18. The number of aryl methyl sites for hydroxylation is 1. The summed E-state index contributed by atoms with van der Waals surface area (Å²) in [6, 6.07) is 11.0. The van der Waals surface area contributed by atoms with Crippen molar-refractivity contribution in [2.24, 2.45) is 0 Å². The standard InChI is InChI=1S/C17H15BrN2O3S/c1-11-20-15(10-24-11)16-7-6-14(23-16)8-19-17(21)9-22-13-4-2-12(18)3-5-13/h2-7,10H,8-9H2,1H3,(H,19,21). The number of benzene rings is 1. The van der Waals surface area contributed by atoms with E-state index >= 15 is 0 Å². The Morgan fingerprint density at radius 2 is 2.08 bits per heavy atom. The number of thiazole rings is 1. The Bertz CT molecular complexity index is 826. The average molecular weight is 407 g/mol. The van der Waals surface area contributed by atoms with E-state index in [1.807, 2.05) is 36.6 Å². The molecular weight excluding hydrogens is 392 g/mol. The number of rotatable bonds is 6. The number of nitrogens with zero attached hydrogens (tertiary/aromatic N) is 1. The fourth-order valence-electron chi connectivity index (χ4n) is 2.00. The molecule has 0 aliphatic carbocycles. The van der Waals surface area contributed by atoms with Crippen LogP contribution in [0.2, 0.25) is 0 Å². The Hall–Kier alpha value is -2.12. The predicted octanol–water partition coefficient (Wildman–Crippen LogP) is 4.17. The van der Waals surface area contributed by atoms with Crippen molar-refractivity contribution >= 4 is 33.2 Å². The Morgan fingerprint density at radius 3 is 2.79 bits per heavy atom. The van der Waals surface area contributed by atoms with Gasteiger partial charge in [0.2, 0.25) is 0 Å². The molecule has 0 aliphatic rings. The second kappa shape index (κ2) is 7.63. The predicted molar refractivity (Wildman–Crippen MR) is 96.0 cm³/mol. The van der Waals surface area contributed by atoms with E-state index in [0.717, 1.165) is 15.2 Å². The van der Waals surface area contributed by atoms with Crippen LogP contribution in [-0.2, 0) is 11.3 Å². The van der Waals surface area contributed by atoms with Crippen molar-refractivity contribution in [3.8, 4) is 17.2 Å². The smallest absolute Gasteiger partial charge is 0.258 e. The number of furan rings is 1. The first kappa shape index (κ1) is 16.7. The first-order chi connectivity index (χ1) is 11.6. The Kier molecular flexibility index (Phi) is 5.32. The number of ether oxygens (including phenoxy) is 1. The normalized spacial score (nSPS) is 10.6. The fraction of sp³-hybridized carbons (Fsp3) is 0.176. The number of aromatic nitrogens is 1. The summed E-state index contributed by atoms with van der Waals surface area (Å²) < 4.78 is 12.1. The van der Waals surface area contributed by atoms with Gasteiger partial charge in [-0.05, 0) is 43.3 Å². The molecular formula is C17H15BrN2O3S. The highest BCUT2D eigenvalue weighted by atomic mass is 79.9. The molecule has 1 N–H and O–H groups in total. The maximum atomic E-state index is 11.8. The van der Waals surface area contributed by atoms with Crippen LogP contribution < -0.4 is 10.1 Å². The summed E-state index contributed by atoms with van der Waals surface area (Å²) in [5.41, 5.74) is 0.814. The van der Waals surface area contributed by atoms with Gasteiger partial charge in [-0.3, -0.25) is 4.79 Å². The first-order valence-electron chi connectivity index (χ1n) is 7.26. The first-order valence-corrected chi connectivity index (χ1v) is 8.94. The van der Waals surface area contributed by atoms with Crippen molar-refractivity contribution in [2.75, 3.05) is 6.61 Å². The van der Waals surface area contributed by atoms with Crippen molar-refractivity contribution in [1.82, 2.24) is 10.3 Å². The van der Waals surface area contributed by atoms with E-state index < -0.39 is 0 Å². The van der Waals surface area contributed by atoms with E-state index in [2.05, 4.69) is 26.2 Å². The van der Waals surface area contributed by atoms with Gasteiger partial charge in [-0.25, -0.2) is 4.98 Å². The number of carbonyl (C=O) groups is 1. The molecule has 0 saturated heterocycles. The molecule has 0 atom stereocenters. The zero-order valence-electron chi connectivity index (χ0n) is 12.9. The van der Waals surface area contributed by atoms with Crippen molar-refractivity contribution in [3.63, 3.8) is 0 Å². The van der Waals surface area contributed by atoms with Gasteiger partial charge in [0.25, 0.3) is 5.91 Å². The molecule has 124 valence electrons. The van der Waals surface area contributed by atoms with Crippen LogP contribution in [0.3, 0.4) is 0 Å². The second-order valence-corrected chi connectivity index (χ2v) is 7.01. The maximum Gasteiger partial charge on any atom is 0.258 e. The van der Waals surface area contributed by atoms with E-state index in [0.29, 0.717) is 23.8 Å². The molecule has 7 heteroatoms. The quantitative estimate of drug-likeness (QED) is 0.666. The highest BCUT2D eigenvalue weighted by molar-refractivity contribution is 9.10. The lowest BCUT2D eigenvalue weighted by molar-refractivity contribution is -0.123. The molecule has 3 rings (SSSR count). The number of carbonyl (C=O) groups excluding carboxylic acids is 1. The van der Waals surface area contributed by atoms with Crippen molar-refractivity contribution in [2.45, 2.75) is 13.5 Å². The Labute approximate surface area is 151 Å². The lowest BCUT2D eigenvalue weighted by atomic mass is 10.3. The SMILES string of the molecule is Cc1nc(-c2ccc(CNC(=O)COc3ccc(Br)cc3)o2)cs1. The minimum atomic E-state index is -0.208. The second-order valence-electron chi connectivity index (χ2n) is 5.04. The van der Waals surface area contributed by atoms with Gasteiger partial charge in [0.1, 0.15) is 17.2 Å². The molecule has 1 aromatic carbocycles. The summed E-state index contributed by atoms with van der Waals surface area (Å²) in [6.07, 6.45) is 0. The van der Waals surface area contributed by atoms with Crippen LogP contribution in [0.5, 0.6) is 5.75 Å². The summed E-state index contributed by atoms with van der Waals surface area (Å²) in [4.78, 5) is 16.2. The van der Waals surface area contributed by atoms with Crippen molar-refractivity contribution in [3.05, 3.63) is 57.0 Å². The molecule has 0 bridgehead atoms. The summed E-state index contributed by atoms with van der Waals surface area (Å²) >= 11 is 4.92. The third kappa shape index (κ3) is 4.46. The van der Waals surface area contributed by atoms with Crippen LogP contribution >= 0.6 is 27.3 Å². The summed E-state index contributed by atoms with van der Waals surface area (Å²) in [5, 5.41) is 5.70. The monoisotopic (exact) mass is 406 g/mol. The van der Waals surface area contributed by atoms with E-state index in [1.54, 1.807) is 23.5 Å². The molecule has 3 aromatic rings. The molecule has 0 spiro atoms. The highest BCUT2D eigenvalue weighted by Crippen LogP contribution is 2.23. The van der Waals surface area contributed by atoms with E-state index in [-0.39, 0.29) is 12.5 Å². The minimum absolute atomic E-state index is 0.0412. The van der Waals surface area contributed by atoms with E-state index in [1.165, 1.54) is 0 Å². The van der Waals surface area contributed by atoms with Crippen LogP contribution in [0.25, 0.3) is 11.5 Å². The number of hydrogen-bond acceptors (Lipinski definition) is 5. The summed E-state index contributed by atoms with van der Waals surface area (Å²) in [6.45, 7) is 2.22.